The van der Waals surface area contributed by atoms with E-state index in [9.17, 15) is 23.2 Å². The third-order valence-corrected chi connectivity index (χ3v) is 4.68. The fraction of sp³-hybridized carbons (Fsp3) is 0.368. The van der Waals surface area contributed by atoms with Crippen LogP contribution >= 0.6 is 11.8 Å². The SMILES string of the molecule is CCCN(CC(=O)Cc1cccc(C(F)(F)F)c1)c1nc(N)nc(SC)c1C#N. The molecule has 0 radical (unpaired) electrons. The van der Waals surface area contributed by atoms with Crippen molar-refractivity contribution in [3.05, 3.63) is 41.0 Å². The van der Waals surface area contributed by atoms with Gasteiger partial charge in [0, 0.05) is 13.0 Å². The Kier molecular flexibility index (Phi) is 7.45. The number of ketones is 1. The predicted octanol–water partition coefficient (Wildman–Crippen LogP) is 3.70. The van der Waals surface area contributed by atoms with Crippen LogP contribution in [0.2, 0.25) is 0 Å². The predicted molar refractivity (Wildman–Crippen MR) is 106 cm³/mol. The third-order valence-electron chi connectivity index (χ3n) is 4.00. The number of Topliss-reactive ketones (excluding diaryl/α,β-unsaturated/α-hetero) is 1. The molecule has 6 nitrogen and oxygen atoms in total. The number of rotatable bonds is 8. The minimum absolute atomic E-state index is 0.0187. The van der Waals surface area contributed by atoms with E-state index >= 15 is 0 Å². The highest BCUT2D eigenvalue weighted by Crippen LogP contribution is 2.30. The van der Waals surface area contributed by atoms with Crippen LogP contribution in [0.4, 0.5) is 24.9 Å². The Balaban J connectivity index is 2.27. The fourth-order valence-electron chi connectivity index (χ4n) is 2.80. The average molecular weight is 423 g/mol. The minimum atomic E-state index is -4.47. The van der Waals surface area contributed by atoms with Gasteiger partial charge < -0.3 is 10.6 Å². The Bertz CT molecular complexity index is 927. The molecular weight excluding hydrogens is 403 g/mol. The molecule has 0 aliphatic heterocycles. The van der Waals surface area contributed by atoms with Gasteiger partial charge in [-0.3, -0.25) is 4.79 Å². The molecule has 0 aliphatic carbocycles. The maximum absolute atomic E-state index is 12.9. The molecule has 0 saturated carbocycles. The lowest BCUT2D eigenvalue weighted by Crippen LogP contribution is -2.33. The molecule has 2 N–H and O–H groups in total. The zero-order chi connectivity index (χ0) is 21.6. The van der Waals surface area contributed by atoms with Gasteiger partial charge in [0.2, 0.25) is 5.95 Å². The monoisotopic (exact) mass is 423 g/mol. The van der Waals surface area contributed by atoms with Gasteiger partial charge in [0.1, 0.15) is 16.7 Å². The zero-order valence-corrected chi connectivity index (χ0v) is 16.8. The second-order valence-corrected chi connectivity index (χ2v) is 7.03. The highest BCUT2D eigenvalue weighted by Gasteiger charge is 2.30. The number of carbonyl (C=O) groups is 1. The van der Waals surface area contributed by atoms with Gasteiger partial charge in [-0.25, -0.2) is 4.98 Å². The number of hydrogen-bond acceptors (Lipinski definition) is 7. The maximum Gasteiger partial charge on any atom is 0.416 e. The summed E-state index contributed by atoms with van der Waals surface area (Å²) >= 11 is 1.24. The Hall–Kier alpha value is -2.80. The summed E-state index contributed by atoms with van der Waals surface area (Å²) in [5, 5.41) is 9.92. The molecule has 0 bridgehead atoms. The van der Waals surface area contributed by atoms with Gasteiger partial charge in [0.15, 0.2) is 11.6 Å². The largest absolute Gasteiger partial charge is 0.416 e. The summed E-state index contributed by atoms with van der Waals surface area (Å²) in [6.45, 7) is 2.21. The van der Waals surface area contributed by atoms with Gasteiger partial charge >= 0.3 is 6.18 Å². The van der Waals surface area contributed by atoms with E-state index in [1.54, 1.807) is 11.2 Å². The Morgan fingerprint density at radius 3 is 2.66 bits per heavy atom. The molecule has 0 unspecified atom stereocenters. The summed E-state index contributed by atoms with van der Waals surface area (Å²) < 4.78 is 38.6. The number of nitrogen functional groups attached to an aromatic ring is 1. The summed E-state index contributed by atoms with van der Waals surface area (Å²) in [4.78, 5) is 22.4. The number of alkyl halides is 3. The van der Waals surface area contributed by atoms with Crippen LogP contribution in [0, 0.1) is 11.3 Å². The first-order valence-electron chi connectivity index (χ1n) is 8.74. The zero-order valence-electron chi connectivity index (χ0n) is 16.0. The molecule has 0 spiro atoms. The second kappa shape index (κ2) is 9.60. The van der Waals surface area contributed by atoms with Crippen LogP contribution in [0.3, 0.4) is 0 Å². The van der Waals surface area contributed by atoms with E-state index in [2.05, 4.69) is 9.97 Å². The Morgan fingerprint density at radius 1 is 1.34 bits per heavy atom. The molecule has 0 fully saturated rings. The molecule has 1 aromatic carbocycles. The minimum Gasteiger partial charge on any atom is -0.368 e. The number of benzene rings is 1. The molecule has 0 atom stereocenters. The lowest BCUT2D eigenvalue weighted by atomic mass is 10.0. The number of nitrogens with zero attached hydrogens (tertiary/aromatic N) is 4. The molecule has 0 aliphatic rings. The van der Waals surface area contributed by atoms with Crippen LogP contribution < -0.4 is 10.6 Å². The Morgan fingerprint density at radius 2 is 2.07 bits per heavy atom. The lowest BCUT2D eigenvalue weighted by molar-refractivity contribution is -0.137. The second-order valence-electron chi connectivity index (χ2n) is 6.24. The highest BCUT2D eigenvalue weighted by atomic mass is 32.2. The van der Waals surface area contributed by atoms with Gasteiger partial charge in [-0.05, 0) is 24.3 Å². The Labute approximate surface area is 170 Å². The van der Waals surface area contributed by atoms with E-state index in [4.69, 9.17) is 5.73 Å². The number of halogens is 3. The smallest absolute Gasteiger partial charge is 0.368 e. The average Bonchev–Trinajstić information content (AvgIpc) is 2.66. The topological polar surface area (TPSA) is 95.9 Å². The highest BCUT2D eigenvalue weighted by molar-refractivity contribution is 7.98. The fourth-order valence-corrected chi connectivity index (χ4v) is 3.33. The maximum atomic E-state index is 12.9. The van der Waals surface area contributed by atoms with E-state index in [0.29, 0.717) is 18.0 Å². The standard InChI is InChI=1S/C19H20F3N5OS/c1-3-7-27(16-15(10-23)17(29-2)26-18(24)25-16)11-14(28)9-12-5-4-6-13(8-12)19(20,21)22/h4-6,8H,3,7,9,11H2,1-2H3,(H2,24,25,26). The molecule has 10 heteroatoms. The molecule has 2 aromatic rings. The number of carbonyl (C=O) groups excluding carboxylic acids is 1. The van der Waals surface area contributed by atoms with Gasteiger partial charge in [-0.1, -0.05) is 25.1 Å². The van der Waals surface area contributed by atoms with E-state index in [-0.39, 0.29) is 41.6 Å². The van der Waals surface area contributed by atoms with Crippen LogP contribution in [0.1, 0.15) is 30.0 Å². The van der Waals surface area contributed by atoms with Crippen molar-refractivity contribution in [1.29, 1.82) is 5.26 Å². The number of anilines is 2. The summed E-state index contributed by atoms with van der Waals surface area (Å²) in [5.41, 5.74) is 5.43. The van der Waals surface area contributed by atoms with Crippen molar-refractivity contribution < 1.29 is 18.0 Å². The normalized spacial score (nSPS) is 11.2. The number of thioether (sulfide) groups is 1. The summed E-state index contributed by atoms with van der Waals surface area (Å²) in [6, 6.07) is 6.74. The first-order chi connectivity index (χ1) is 13.7. The van der Waals surface area contributed by atoms with E-state index in [0.717, 1.165) is 12.1 Å². The quantitative estimate of drug-likeness (QED) is 0.511. The summed E-state index contributed by atoms with van der Waals surface area (Å²) in [7, 11) is 0. The number of aromatic nitrogens is 2. The van der Waals surface area contributed by atoms with Crippen molar-refractivity contribution >= 4 is 29.3 Å². The molecule has 154 valence electrons. The van der Waals surface area contributed by atoms with Crippen molar-refractivity contribution in [1.82, 2.24) is 9.97 Å². The van der Waals surface area contributed by atoms with Crippen LogP contribution in [0.15, 0.2) is 29.3 Å². The lowest BCUT2D eigenvalue weighted by Gasteiger charge is -2.24. The van der Waals surface area contributed by atoms with Crippen LogP contribution in [-0.2, 0) is 17.4 Å². The number of nitriles is 1. The third kappa shape index (κ3) is 5.84. The molecule has 1 heterocycles. The van der Waals surface area contributed by atoms with Gasteiger partial charge in [0.25, 0.3) is 0 Å². The van der Waals surface area contributed by atoms with Crippen molar-refractivity contribution in [2.75, 3.05) is 30.0 Å². The van der Waals surface area contributed by atoms with Crippen molar-refractivity contribution in [3.8, 4) is 6.07 Å². The van der Waals surface area contributed by atoms with E-state index in [1.165, 1.54) is 23.9 Å². The van der Waals surface area contributed by atoms with Crippen molar-refractivity contribution in [2.24, 2.45) is 0 Å². The van der Waals surface area contributed by atoms with Crippen LogP contribution in [0.25, 0.3) is 0 Å². The first kappa shape index (κ1) is 22.5. The van der Waals surface area contributed by atoms with Crippen LogP contribution in [0.5, 0.6) is 0 Å². The van der Waals surface area contributed by atoms with Gasteiger partial charge in [0.05, 0.1) is 12.1 Å². The van der Waals surface area contributed by atoms with Gasteiger partial charge in [-0.2, -0.15) is 23.4 Å². The van der Waals surface area contributed by atoms with E-state index < -0.39 is 11.7 Å². The van der Waals surface area contributed by atoms with E-state index in [1.807, 2.05) is 13.0 Å². The summed E-state index contributed by atoms with van der Waals surface area (Å²) in [5.74, 6) is -0.0667. The van der Waals surface area contributed by atoms with Crippen LogP contribution in [-0.4, -0.2) is 35.1 Å². The van der Waals surface area contributed by atoms with Gasteiger partial charge in [-0.15, -0.1) is 11.8 Å². The number of nitrogens with two attached hydrogens (primary N) is 1. The molecular formula is C19H20F3N5OS. The molecule has 29 heavy (non-hydrogen) atoms. The molecule has 2 rings (SSSR count). The number of hydrogen-bond donors (Lipinski definition) is 1. The van der Waals surface area contributed by atoms with Crippen molar-refractivity contribution in [2.45, 2.75) is 31.0 Å². The molecule has 0 amide bonds. The molecule has 0 saturated heterocycles. The van der Waals surface area contributed by atoms with Crippen molar-refractivity contribution in [3.63, 3.8) is 0 Å². The molecule has 1 aromatic heterocycles. The first-order valence-corrected chi connectivity index (χ1v) is 9.96. The summed E-state index contributed by atoms with van der Waals surface area (Å²) in [6.07, 6.45) is -2.22.